The fraction of sp³-hybridized carbons (Fsp3) is 0.0870. The van der Waals surface area contributed by atoms with Gasteiger partial charge in [0.1, 0.15) is 5.75 Å². The molecule has 0 aliphatic carbocycles. The summed E-state index contributed by atoms with van der Waals surface area (Å²) in [7, 11) is 0. The van der Waals surface area contributed by atoms with Crippen LogP contribution in [0.25, 0.3) is 0 Å². The number of hydrogen-bond donors (Lipinski definition) is 1. The Hall–Kier alpha value is -3.25. The van der Waals surface area contributed by atoms with Gasteiger partial charge in [-0.25, -0.2) is 10.2 Å². The Bertz CT molecular complexity index is 1010. The van der Waals surface area contributed by atoms with Gasteiger partial charge >= 0.3 is 5.97 Å². The van der Waals surface area contributed by atoms with Crippen molar-refractivity contribution in [3.8, 4) is 5.75 Å². The second kappa shape index (κ2) is 9.80. The summed E-state index contributed by atoms with van der Waals surface area (Å²) >= 11 is 3.36. The van der Waals surface area contributed by atoms with Crippen molar-refractivity contribution < 1.29 is 14.3 Å². The first kappa shape index (κ1) is 20.5. The third-order valence-corrected chi connectivity index (χ3v) is 4.59. The van der Waals surface area contributed by atoms with Crippen LogP contribution in [0.2, 0.25) is 0 Å². The van der Waals surface area contributed by atoms with E-state index in [9.17, 15) is 9.59 Å². The van der Waals surface area contributed by atoms with Crippen molar-refractivity contribution >= 4 is 34.0 Å². The zero-order valence-electron chi connectivity index (χ0n) is 15.8. The van der Waals surface area contributed by atoms with Crippen LogP contribution in [0.5, 0.6) is 5.75 Å². The zero-order valence-corrected chi connectivity index (χ0v) is 17.3. The minimum absolute atomic E-state index is 0.202. The van der Waals surface area contributed by atoms with Crippen molar-refractivity contribution in [2.75, 3.05) is 0 Å². The lowest BCUT2D eigenvalue weighted by Gasteiger charge is -2.05. The molecule has 0 aliphatic heterocycles. The lowest BCUT2D eigenvalue weighted by atomic mass is 10.1. The van der Waals surface area contributed by atoms with Crippen LogP contribution in [-0.4, -0.2) is 18.1 Å². The van der Waals surface area contributed by atoms with Crippen LogP contribution in [0.4, 0.5) is 0 Å². The molecule has 1 N–H and O–H groups in total. The Morgan fingerprint density at radius 2 is 1.62 bits per heavy atom. The Kier molecular flexibility index (Phi) is 6.92. The van der Waals surface area contributed by atoms with Crippen LogP contribution in [0.1, 0.15) is 27.0 Å². The molecule has 1 amide bonds. The van der Waals surface area contributed by atoms with Gasteiger partial charge in [-0.1, -0.05) is 45.8 Å². The zero-order chi connectivity index (χ0) is 20.6. The Labute approximate surface area is 177 Å². The van der Waals surface area contributed by atoms with E-state index in [1.54, 1.807) is 36.4 Å². The van der Waals surface area contributed by atoms with E-state index in [0.29, 0.717) is 11.3 Å². The summed E-state index contributed by atoms with van der Waals surface area (Å²) in [6, 6.07) is 21.6. The van der Waals surface area contributed by atoms with Gasteiger partial charge in [0.2, 0.25) is 5.91 Å². The molecule has 0 spiro atoms. The highest BCUT2D eigenvalue weighted by Crippen LogP contribution is 2.14. The first-order chi connectivity index (χ1) is 14.0. The molecule has 3 rings (SSSR count). The normalized spacial score (nSPS) is 10.7. The summed E-state index contributed by atoms with van der Waals surface area (Å²) in [4.78, 5) is 24.1. The van der Waals surface area contributed by atoms with E-state index >= 15 is 0 Å². The van der Waals surface area contributed by atoms with Crippen molar-refractivity contribution in [2.45, 2.75) is 13.3 Å². The third-order valence-electron chi connectivity index (χ3n) is 4.06. The SMILES string of the molecule is Cc1ccc(C(=O)Oc2ccc(C=NNC(=O)Cc3ccc(Br)cc3)cc2)cc1. The van der Waals surface area contributed by atoms with E-state index in [1.165, 1.54) is 6.21 Å². The number of hydrogen-bond acceptors (Lipinski definition) is 4. The minimum Gasteiger partial charge on any atom is -0.423 e. The number of amides is 1. The molecular formula is C23H19BrN2O3. The summed E-state index contributed by atoms with van der Waals surface area (Å²) < 4.78 is 6.32. The van der Waals surface area contributed by atoms with Crippen LogP contribution in [0.3, 0.4) is 0 Å². The molecule has 0 saturated heterocycles. The summed E-state index contributed by atoms with van der Waals surface area (Å²) in [5.41, 5.74) is 5.74. The predicted octanol–water partition coefficient (Wildman–Crippen LogP) is 4.67. The van der Waals surface area contributed by atoms with Gasteiger partial charge in [-0.15, -0.1) is 0 Å². The summed E-state index contributed by atoms with van der Waals surface area (Å²) in [5.74, 6) is -0.175. The number of benzene rings is 3. The maximum atomic E-state index is 12.1. The number of nitrogens with one attached hydrogen (secondary N) is 1. The Balaban J connectivity index is 1.50. The number of halogens is 1. The average molecular weight is 451 g/mol. The summed E-state index contributed by atoms with van der Waals surface area (Å²) in [5, 5.41) is 3.96. The first-order valence-electron chi connectivity index (χ1n) is 8.95. The van der Waals surface area contributed by atoms with Crippen molar-refractivity contribution in [3.63, 3.8) is 0 Å². The van der Waals surface area contributed by atoms with Gasteiger partial charge in [0.15, 0.2) is 0 Å². The fourth-order valence-electron chi connectivity index (χ4n) is 2.48. The number of ether oxygens (including phenoxy) is 1. The van der Waals surface area contributed by atoms with Crippen LogP contribution in [0.15, 0.2) is 82.4 Å². The smallest absolute Gasteiger partial charge is 0.343 e. The minimum atomic E-state index is -0.411. The van der Waals surface area contributed by atoms with E-state index in [2.05, 4.69) is 26.5 Å². The average Bonchev–Trinajstić information content (AvgIpc) is 2.71. The molecule has 0 heterocycles. The first-order valence-corrected chi connectivity index (χ1v) is 9.74. The number of carbonyl (C=O) groups is 2. The van der Waals surface area contributed by atoms with Gasteiger partial charge in [-0.05, 0) is 66.6 Å². The molecule has 0 radical (unpaired) electrons. The molecule has 0 saturated carbocycles. The molecular weight excluding hydrogens is 432 g/mol. The van der Waals surface area contributed by atoms with Crippen molar-refractivity contribution in [2.24, 2.45) is 5.10 Å². The molecule has 6 heteroatoms. The molecule has 29 heavy (non-hydrogen) atoms. The number of rotatable bonds is 6. The van der Waals surface area contributed by atoms with Gasteiger partial charge in [0, 0.05) is 4.47 Å². The fourth-order valence-corrected chi connectivity index (χ4v) is 2.75. The molecule has 146 valence electrons. The topological polar surface area (TPSA) is 67.8 Å². The molecule has 0 aliphatic rings. The molecule has 0 atom stereocenters. The van der Waals surface area contributed by atoms with E-state index < -0.39 is 5.97 Å². The van der Waals surface area contributed by atoms with E-state index in [0.717, 1.165) is 21.2 Å². The number of esters is 1. The summed E-state index contributed by atoms with van der Waals surface area (Å²) in [6.07, 6.45) is 1.78. The van der Waals surface area contributed by atoms with Gasteiger partial charge in [-0.2, -0.15) is 5.10 Å². The third kappa shape index (κ3) is 6.40. The standard InChI is InChI=1S/C23H19BrN2O3/c1-16-2-8-19(9-3-16)23(28)29-21-12-6-18(7-13-21)15-25-26-22(27)14-17-4-10-20(24)11-5-17/h2-13,15H,14H2,1H3,(H,26,27). The Morgan fingerprint density at radius 3 is 2.28 bits per heavy atom. The lowest BCUT2D eigenvalue weighted by Crippen LogP contribution is -2.19. The monoisotopic (exact) mass is 450 g/mol. The molecule has 0 unspecified atom stereocenters. The Morgan fingerprint density at radius 1 is 0.966 bits per heavy atom. The highest BCUT2D eigenvalue weighted by molar-refractivity contribution is 9.10. The largest absolute Gasteiger partial charge is 0.423 e. The molecule has 0 aromatic heterocycles. The molecule has 5 nitrogen and oxygen atoms in total. The van der Waals surface area contributed by atoms with Crippen LogP contribution in [0, 0.1) is 6.92 Å². The number of aryl methyl sites for hydroxylation is 1. The second-order valence-corrected chi connectivity index (χ2v) is 7.34. The number of carbonyl (C=O) groups excluding carboxylic acids is 2. The van der Waals surface area contributed by atoms with Gasteiger partial charge < -0.3 is 4.74 Å². The number of hydrazone groups is 1. The van der Waals surface area contributed by atoms with Crippen LogP contribution >= 0.6 is 15.9 Å². The molecule has 3 aromatic rings. The molecule has 0 fully saturated rings. The second-order valence-electron chi connectivity index (χ2n) is 6.42. The van der Waals surface area contributed by atoms with Crippen molar-refractivity contribution in [1.82, 2.24) is 5.43 Å². The van der Waals surface area contributed by atoms with Gasteiger partial charge in [0.05, 0.1) is 18.2 Å². The van der Waals surface area contributed by atoms with E-state index in [1.807, 2.05) is 43.3 Å². The van der Waals surface area contributed by atoms with E-state index in [-0.39, 0.29) is 12.3 Å². The predicted molar refractivity (Wildman–Crippen MR) is 116 cm³/mol. The van der Waals surface area contributed by atoms with Crippen LogP contribution in [-0.2, 0) is 11.2 Å². The maximum absolute atomic E-state index is 12.1. The molecule has 3 aromatic carbocycles. The highest BCUT2D eigenvalue weighted by Gasteiger charge is 2.08. The lowest BCUT2D eigenvalue weighted by molar-refractivity contribution is -0.120. The highest BCUT2D eigenvalue weighted by atomic mass is 79.9. The number of nitrogens with zero attached hydrogens (tertiary/aromatic N) is 1. The van der Waals surface area contributed by atoms with Gasteiger partial charge in [-0.3, -0.25) is 4.79 Å². The van der Waals surface area contributed by atoms with Gasteiger partial charge in [0.25, 0.3) is 0 Å². The quantitative estimate of drug-likeness (QED) is 0.256. The van der Waals surface area contributed by atoms with Crippen molar-refractivity contribution in [1.29, 1.82) is 0 Å². The van der Waals surface area contributed by atoms with E-state index in [4.69, 9.17) is 4.74 Å². The molecule has 0 bridgehead atoms. The van der Waals surface area contributed by atoms with Crippen LogP contribution < -0.4 is 10.2 Å². The van der Waals surface area contributed by atoms with Crippen molar-refractivity contribution in [3.05, 3.63) is 99.5 Å². The maximum Gasteiger partial charge on any atom is 0.343 e. The summed E-state index contributed by atoms with van der Waals surface area (Å²) in [6.45, 7) is 1.96.